The van der Waals surface area contributed by atoms with Crippen molar-refractivity contribution in [3.8, 4) is 6.07 Å². The van der Waals surface area contributed by atoms with Gasteiger partial charge in [0.1, 0.15) is 4.90 Å². The molecule has 0 aromatic heterocycles. The molecule has 0 amide bonds. The van der Waals surface area contributed by atoms with E-state index in [1.54, 1.807) is 0 Å². The molecular weight excluding hydrogens is 262 g/mol. The molecule has 1 rings (SSSR count). The topological polar surface area (TPSA) is 87.2 Å². The molecule has 0 bridgehead atoms. The standard InChI is InChI=1S/C10H12ClN3O2S/c1-14(6-2-5-12)17(15,16)10-4-3-8(11)7-9(10)13/h3-4,7H,2,6,13H2,1H3. The molecule has 2 N–H and O–H groups in total. The second kappa shape index (κ2) is 5.36. The summed E-state index contributed by atoms with van der Waals surface area (Å²) >= 11 is 5.70. The van der Waals surface area contributed by atoms with Crippen molar-refractivity contribution in [3.05, 3.63) is 23.2 Å². The number of hydrogen-bond donors (Lipinski definition) is 1. The number of anilines is 1. The minimum absolute atomic E-state index is 0.00217. The fourth-order valence-corrected chi connectivity index (χ4v) is 2.69. The molecule has 17 heavy (non-hydrogen) atoms. The zero-order valence-electron chi connectivity index (χ0n) is 9.22. The predicted molar refractivity (Wildman–Crippen MR) is 65.9 cm³/mol. The number of nitrogen functional groups attached to an aromatic ring is 1. The Morgan fingerprint density at radius 2 is 2.18 bits per heavy atom. The van der Waals surface area contributed by atoms with Crippen molar-refractivity contribution >= 4 is 27.3 Å². The van der Waals surface area contributed by atoms with Crippen LogP contribution in [0.4, 0.5) is 5.69 Å². The predicted octanol–water partition coefficient (Wildman–Crippen LogP) is 1.46. The highest BCUT2D eigenvalue weighted by Gasteiger charge is 2.22. The molecule has 0 saturated heterocycles. The van der Waals surface area contributed by atoms with Crippen molar-refractivity contribution < 1.29 is 8.42 Å². The van der Waals surface area contributed by atoms with Gasteiger partial charge in [-0.05, 0) is 18.2 Å². The fraction of sp³-hybridized carbons (Fsp3) is 0.300. The van der Waals surface area contributed by atoms with Crippen LogP contribution < -0.4 is 5.73 Å². The Balaban J connectivity index is 3.09. The Labute approximate surface area is 105 Å². The third-order valence-corrected chi connectivity index (χ3v) is 4.36. The molecule has 0 heterocycles. The summed E-state index contributed by atoms with van der Waals surface area (Å²) in [6.07, 6.45) is 0.128. The number of rotatable bonds is 4. The van der Waals surface area contributed by atoms with Gasteiger partial charge in [0.15, 0.2) is 0 Å². The van der Waals surface area contributed by atoms with E-state index >= 15 is 0 Å². The van der Waals surface area contributed by atoms with E-state index in [1.165, 1.54) is 25.2 Å². The van der Waals surface area contributed by atoms with Crippen molar-refractivity contribution in [2.75, 3.05) is 19.3 Å². The summed E-state index contributed by atoms with van der Waals surface area (Å²) in [5, 5.41) is 8.80. The molecule has 0 saturated carbocycles. The lowest BCUT2D eigenvalue weighted by atomic mass is 10.3. The second-order valence-electron chi connectivity index (χ2n) is 3.42. The molecule has 1 aromatic carbocycles. The van der Waals surface area contributed by atoms with Crippen LogP contribution in [0, 0.1) is 11.3 Å². The Hall–Kier alpha value is -1.29. The summed E-state index contributed by atoms with van der Waals surface area (Å²) in [6, 6.07) is 6.09. The molecule has 0 unspecified atom stereocenters. The van der Waals surface area contributed by atoms with E-state index in [4.69, 9.17) is 22.6 Å². The monoisotopic (exact) mass is 273 g/mol. The molecule has 7 heteroatoms. The van der Waals surface area contributed by atoms with E-state index in [0.717, 1.165) is 4.31 Å². The molecule has 5 nitrogen and oxygen atoms in total. The maximum Gasteiger partial charge on any atom is 0.244 e. The van der Waals surface area contributed by atoms with Crippen molar-refractivity contribution in [3.63, 3.8) is 0 Å². The smallest absolute Gasteiger partial charge is 0.244 e. The van der Waals surface area contributed by atoms with Crippen LogP contribution in [0.2, 0.25) is 5.02 Å². The highest BCUT2D eigenvalue weighted by atomic mass is 35.5. The number of nitrogens with two attached hydrogens (primary N) is 1. The van der Waals surface area contributed by atoms with Gasteiger partial charge in [-0.2, -0.15) is 9.57 Å². The van der Waals surface area contributed by atoms with E-state index in [9.17, 15) is 8.42 Å². The number of halogens is 1. The number of nitriles is 1. The van der Waals surface area contributed by atoms with Gasteiger partial charge >= 0.3 is 0 Å². The van der Waals surface area contributed by atoms with E-state index in [2.05, 4.69) is 0 Å². The minimum Gasteiger partial charge on any atom is -0.398 e. The molecule has 0 aliphatic heterocycles. The Kier molecular flexibility index (Phi) is 4.34. The van der Waals surface area contributed by atoms with Crippen molar-refractivity contribution in [2.45, 2.75) is 11.3 Å². The van der Waals surface area contributed by atoms with Crippen molar-refractivity contribution in [1.82, 2.24) is 4.31 Å². The summed E-state index contributed by atoms with van der Waals surface area (Å²) in [5.41, 5.74) is 5.72. The normalized spacial score (nSPS) is 11.4. The first-order valence-corrected chi connectivity index (χ1v) is 6.59. The largest absolute Gasteiger partial charge is 0.398 e. The van der Waals surface area contributed by atoms with Crippen LogP contribution in [0.25, 0.3) is 0 Å². The van der Waals surface area contributed by atoms with Crippen LogP contribution in [0.3, 0.4) is 0 Å². The average molecular weight is 274 g/mol. The molecule has 92 valence electrons. The molecular formula is C10H12ClN3O2S. The second-order valence-corrected chi connectivity index (χ2v) is 5.87. The lowest BCUT2D eigenvalue weighted by Gasteiger charge is -2.16. The van der Waals surface area contributed by atoms with Crippen molar-refractivity contribution in [1.29, 1.82) is 5.26 Å². The SMILES string of the molecule is CN(CCC#N)S(=O)(=O)c1ccc(Cl)cc1N. The van der Waals surface area contributed by atoms with Gasteiger partial charge in [-0.1, -0.05) is 11.6 Å². The van der Waals surface area contributed by atoms with Gasteiger partial charge in [0.25, 0.3) is 0 Å². The third kappa shape index (κ3) is 3.09. The van der Waals surface area contributed by atoms with Crippen LogP contribution in [0.15, 0.2) is 23.1 Å². The van der Waals surface area contributed by atoms with Crippen LogP contribution >= 0.6 is 11.6 Å². The molecule has 1 aromatic rings. The van der Waals surface area contributed by atoms with Gasteiger partial charge in [0.05, 0.1) is 11.8 Å². The van der Waals surface area contributed by atoms with Crippen LogP contribution in [0.1, 0.15) is 6.42 Å². The summed E-state index contributed by atoms with van der Waals surface area (Å²) in [4.78, 5) is 0.00217. The summed E-state index contributed by atoms with van der Waals surface area (Å²) < 4.78 is 25.2. The van der Waals surface area contributed by atoms with Gasteiger partial charge in [-0.15, -0.1) is 0 Å². The Bertz CT molecular complexity index is 551. The zero-order valence-corrected chi connectivity index (χ0v) is 10.8. The number of nitrogens with zero attached hydrogens (tertiary/aromatic N) is 2. The first-order chi connectivity index (χ1) is 7.89. The van der Waals surface area contributed by atoms with E-state index < -0.39 is 10.0 Å². The van der Waals surface area contributed by atoms with Gasteiger partial charge < -0.3 is 5.73 Å². The Morgan fingerprint density at radius 1 is 1.53 bits per heavy atom. The minimum atomic E-state index is -3.66. The van der Waals surface area contributed by atoms with Gasteiger partial charge in [-0.3, -0.25) is 0 Å². The van der Waals surface area contributed by atoms with E-state index in [-0.39, 0.29) is 23.5 Å². The molecule has 0 atom stereocenters. The summed E-state index contributed by atoms with van der Waals surface area (Å²) in [6.45, 7) is 0.126. The van der Waals surface area contributed by atoms with Gasteiger partial charge in [0, 0.05) is 25.0 Å². The highest BCUT2D eigenvalue weighted by molar-refractivity contribution is 7.89. The quantitative estimate of drug-likeness (QED) is 0.841. The molecule has 0 aliphatic rings. The lowest BCUT2D eigenvalue weighted by Crippen LogP contribution is -2.28. The maximum atomic E-state index is 12.1. The van der Waals surface area contributed by atoms with E-state index in [0.29, 0.717) is 5.02 Å². The number of hydrogen-bond acceptors (Lipinski definition) is 4. The summed E-state index contributed by atoms with van der Waals surface area (Å²) in [7, 11) is -2.26. The first-order valence-electron chi connectivity index (χ1n) is 4.78. The number of benzene rings is 1. The van der Waals surface area contributed by atoms with Gasteiger partial charge in [-0.25, -0.2) is 8.42 Å². The van der Waals surface area contributed by atoms with Crippen molar-refractivity contribution in [2.24, 2.45) is 0 Å². The van der Waals surface area contributed by atoms with Gasteiger partial charge in [0.2, 0.25) is 10.0 Å². The average Bonchev–Trinajstić information content (AvgIpc) is 2.25. The molecule has 0 aliphatic carbocycles. The lowest BCUT2D eigenvalue weighted by molar-refractivity contribution is 0.477. The highest BCUT2D eigenvalue weighted by Crippen LogP contribution is 2.24. The molecule has 0 spiro atoms. The van der Waals surface area contributed by atoms with E-state index in [1.807, 2.05) is 6.07 Å². The fourth-order valence-electron chi connectivity index (χ4n) is 1.25. The number of sulfonamides is 1. The van der Waals surface area contributed by atoms with Crippen LogP contribution in [-0.2, 0) is 10.0 Å². The molecule has 0 radical (unpaired) electrons. The zero-order chi connectivity index (χ0) is 13.1. The molecule has 0 fully saturated rings. The van der Waals surface area contributed by atoms with Crippen LogP contribution in [-0.4, -0.2) is 26.3 Å². The summed E-state index contributed by atoms with van der Waals surface area (Å²) in [5.74, 6) is 0. The third-order valence-electron chi connectivity index (χ3n) is 2.20. The Morgan fingerprint density at radius 3 is 2.71 bits per heavy atom. The maximum absolute atomic E-state index is 12.1. The first kappa shape index (κ1) is 13.8. The van der Waals surface area contributed by atoms with Crippen LogP contribution in [0.5, 0.6) is 0 Å².